The van der Waals surface area contributed by atoms with Crippen LogP contribution < -0.4 is 5.32 Å². The molecule has 0 fully saturated rings. The molecule has 1 aliphatic heterocycles. The lowest BCUT2D eigenvalue weighted by Crippen LogP contribution is -2.30. The Bertz CT molecular complexity index is 436. The SMILES string of the molecule is CC1(C)C=Cc2cc(C#N)ccc2N1. The van der Waals surface area contributed by atoms with Gasteiger partial charge in [0.25, 0.3) is 0 Å². The van der Waals surface area contributed by atoms with Crippen LogP contribution in [0.2, 0.25) is 0 Å². The smallest absolute Gasteiger partial charge is 0.0991 e. The van der Waals surface area contributed by atoms with Crippen LogP contribution in [-0.4, -0.2) is 5.54 Å². The Hall–Kier alpha value is -1.75. The van der Waals surface area contributed by atoms with E-state index in [4.69, 9.17) is 5.26 Å². The van der Waals surface area contributed by atoms with E-state index in [0.29, 0.717) is 5.56 Å². The van der Waals surface area contributed by atoms with Gasteiger partial charge < -0.3 is 5.32 Å². The lowest BCUT2D eigenvalue weighted by Gasteiger charge is -2.28. The number of hydrogen-bond acceptors (Lipinski definition) is 2. The minimum atomic E-state index is 0.00115. The molecule has 2 rings (SSSR count). The third-order valence-electron chi connectivity index (χ3n) is 2.32. The minimum Gasteiger partial charge on any atom is -0.376 e. The van der Waals surface area contributed by atoms with E-state index in [0.717, 1.165) is 11.3 Å². The summed E-state index contributed by atoms with van der Waals surface area (Å²) in [5.41, 5.74) is 2.89. The highest BCUT2D eigenvalue weighted by atomic mass is 15.0. The lowest BCUT2D eigenvalue weighted by atomic mass is 9.96. The predicted molar refractivity (Wildman–Crippen MR) is 57.9 cm³/mol. The number of rotatable bonds is 0. The maximum atomic E-state index is 8.75. The van der Waals surface area contributed by atoms with E-state index >= 15 is 0 Å². The molecule has 14 heavy (non-hydrogen) atoms. The van der Waals surface area contributed by atoms with Crippen LogP contribution in [0.3, 0.4) is 0 Å². The van der Waals surface area contributed by atoms with Crippen molar-refractivity contribution in [2.45, 2.75) is 19.4 Å². The fourth-order valence-electron chi connectivity index (χ4n) is 1.57. The second kappa shape index (κ2) is 2.88. The molecule has 1 aliphatic rings. The molecule has 0 aromatic heterocycles. The summed E-state index contributed by atoms with van der Waals surface area (Å²) in [5, 5.41) is 12.1. The molecule has 0 radical (unpaired) electrons. The molecule has 0 spiro atoms. The van der Waals surface area contributed by atoms with Gasteiger partial charge in [0.05, 0.1) is 17.2 Å². The fourth-order valence-corrected chi connectivity index (χ4v) is 1.57. The molecule has 1 aromatic rings. The zero-order valence-electron chi connectivity index (χ0n) is 8.33. The largest absolute Gasteiger partial charge is 0.376 e. The summed E-state index contributed by atoms with van der Waals surface area (Å²) in [6, 6.07) is 7.82. The predicted octanol–water partition coefficient (Wildman–Crippen LogP) is 2.78. The van der Waals surface area contributed by atoms with Gasteiger partial charge in [-0.25, -0.2) is 0 Å². The molecular formula is C12H12N2. The Labute approximate surface area is 83.9 Å². The van der Waals surface area contributed by atoms with E-state index in [1.807, 2.05) is 18.2 Å². The van der Waals surface area contributed by atoms with E-state index in [-0.39, 0.29) is 5.54 Å². The van der Waals surface area contributed by atoms with Crippen LogP contribution >= 0.6 is 0 Å². The second-order valence-electron chi connectivity index (χ2n) is 4.09. The van der Waals surface area contributed by atoms with Crippen molar-refractivity contribution >= 4 is 11.8 Å². The molecule has 1 aromatic carbocycles. The Morgan fingerprint density at radius 3 is 2.86 bits per heavy atom. The Balaban J connectivity index is 2.47. The first-order valence-electron chi connectivity index (χ1n) is 4.62. The maximum Gasteiger partial charge on any atom is 0.0991 e. The van der Waals surface area contributed by atoms with Gasteiger partial charge in [0.2, 0.25) is 0 Å². The molecule has 0 aliphatic carbocycles. The number of fused-ring (bicyclic) bond motifs is 1. The third kappa shape index (κ3) is 1.49. The zero-order valence-corrected chi connectivity index (χ0v) is 8.33. The second-order valence-corrected chi connectivity index (χ2v) is 4.09. The van der Waals surface area contributed by atoms with Crippen LogP contribution in [-0.2, 0) is 0 Å². The number of nitrogens with one attached hydrogen (secondary N) is 1. The molecule has 1 N–H and O–H groups in total. The van der Waals surface area contributed by atoms with Crippen molar-refractivity contribution in [3.8, 4) is 6.07 Å². The summed E-state index contributed by atoms with van der Waals surface area (Å²) in [6.07, 6.45) is 4.17. The van der Waals surface area contributed by atoms with Crippen molar-refractivity contribution in [1.82, 2.24) is 0 Å². The molecule has 2 heteroatoms. The maximum absolute atomic E-state index is 8.75. The summed E-state index contributed by atoms with van der Waals surface area (Å²) in [5.74, 6) is 0. The molecular weight excluding hydrogens is 172 g/mol. The number of nitriles is 1. The molecule has 0 unspecified atom stereocenters. The normalized spacial score (nSPS) is 16.6. The van der Waals surface area contributed by atoms with Gasteiger partial charge in [-0.05, 0) is 37.6 Å². The van der Waals surface area contributed by atoms with Crippen LogP contribution in [0.1, 0.15) is 25.0 Å². The number of anilines is 1. The molecule has 1 heterocycles. The summed E-state index contributed by atoms with van der Waals surface area (Å²) in [6.45, 7) is 4.23. The molecule has 0 amide bonds. The first-order valence-corrected chi connectivity index (χ1v) is 4.62. The zero-order chi connectivity index (χ0) is 10.2. The van der Waals surface area contributed by atoms with E-state index in [1.165, 1.54) is 0 Å². The van der Waals surface area contributed by atoms with Crippen molar-refractivity contribution in [2.24, 2.45) is 0 Å². The van der Waals surface area contributed by atoms with Gasteiger partial charge in [-0.3, -0.25) is 0 Å². The first-order chi connectivity index (χ1) is 6.61. The van der Waals surface area contributed by atoms with Crippen LogP contribution in [0.5, 0.6) is 0 Å². The van der Waals surface area contributed by atoms with Crippen molar-refractivity contribution in [3.05, 3.63) is 35.4 Å². The number of hydrogen-bond donors (Lipinski definition) is 1. The van der Waals surface area contributed by atoms with Gasteiger partial charge in [-0.1, -0.05) is 12.2 Å². The minimum absolute atomic E-state index is 0.00115. The van der Waals surface area contributed by atoms with E-state index in [2.05, 4.69) is 37.4 Å². The van der Waals surface area contributed by atoms with Gasteiger partial charge in [0, 0.05) is 5.69 Å². The van der Waals surface area contributed by atoms with Crippen molar-refractivity contribution in [3.63, 3.8) is 0 Å². The molecule has 2 nitrogen and oxygen atoms in total. The molecule has 0 saturated carbocycles. The van der Waals surface area contributed by atoms with Crippen molar-refractivity contribution in [1.29, 1.82) is 5.26 Å². The van der Waals surface area contributed by atoms with Gasteiger partial charge in [0.1, 0.15) is 0 Å². The number of nitrogens with zero attached hydrogens (tertiary/aromatic N) is 1. The molecule has 0 bridgehead atoms. The highest BCUT2D eigenvalue weighted by Crippen LogP contribution is 2.28. The lowest BCUT2D eigenvalue weighted by molar-refractivity contribution is 0.711. The topological polar surface area (TPSA) is 35.8 Å². The molecule has 70 valence electrons. The summed E-state index contributed by atoms with van der Waals surface area (Å²) < 4.78 is 0. The Morgan fingerprint density at radius 2 is 2.14 bits per heavy atom. The Morgan fingerprint density at radius 1 is 1.36 bits per heavy atom. The third-order valence-corrected chi connectivity index (χ3v) is 2.32. The summed E-state index contributed by atoms with van der Waals surface area (Å²) in [4.78, 5) is 0. The van der Waals surface area contributed by atoms with Gasteiger partial charge >= 0.3 is 0 Å². The molecule has 0 saturated heterocycles. The monoisotopic (exact) mass is 184 g/mol. The Kier molecular flexibility index (Phi) is 1.82. The van der Waals surface area contributed by atoms with Crippen LogP contribution in [0.15, 0.2) is 24.3 Å². The van der Waals surface area contributed by atoms with Gasteiger partial charge in [-0.15, -0.1) is 0 Å². The average Bonchev–Trinajstić information content (AvgIpc) is 2.16. The van der Waals surface area contributed by atoms with Crippen LogP contribution in [0, 0.1) is 11.3 Å². The standard InChI is InChI=1S/C12H12N2/c1-12(2)6-5-10-7-9(8-13)3-4-11(10)14-12/h3-7,14H,1-2H3. The van der Waals surface area contributed by atoms with Gasteiger partial charge in [-0.2, -0.15) is 5.26 Å². The highest BCUT2D eigenvalue weighted by Gasteiger charge is 2.18. The number of benzene rings is 1. The fraction of sp³-hybridized carbons (Fsp3) is 0.250. The molecule has 0 atom stereocenters. The van der Waals surface area contributed by atoms with Crippen LogP contribution in [0.25, 0.3) is 6.08 Å². The van der Waals surface area contributed by atoms with E-state index in [9.17, 15) is 0 Å². The van der Waals surface area contributed by atoms with Gasteiger partial charge in [0.15, 0.2) is 0 Å². The summed E-state index contributed by atoms with van der Waals surface area (Å²) >= 11 is 0. The quantitative estimate of drug-likeness (QED) is 0.673. The van der Waals surface area contributed by atoms with Crippen molar-refractivity contribution in [2.75, 3.05) is 5.32 Å². The highest BCUT2D eigenvalue weighted by molar-refractivity contribution is 5.73. The van der Waals surface area contributed by atoms with E-state index in [1.54, 1.807) is 0 Å². The van der Waals surface area contributed by atoms with E-state index < -0.39 is 0 Å². The van der Waals surface area contributed by atoms with Crippen molar-refractivity contribution < 1.29 is 0 Å². The summed E-state index contributed by atoms with van der Waals surface area (Å²) in [7, 11) is 0. The first kappa shape index (κ1) is 8.83. The van der Waals surface area contributed by atoms with Crippen LogP contribution in [0.4, 0.5) is 5.69 Å². The average molecular weight is 184 g/mol.